The van der Waals surface area contributed by atoms with E-state index in [-0.39, 0.29) is 0 Å². The van der Waals surface area contributed by atoms with E-state index in [1.807, 2.05) is 78.9 Å². The lowest BCUT2D eigenvalue weighted by Crippen LogP contribution is -2.20. The molecule has 3 aromatic rings. The molecule has 1 heterocycles. The summed E-state index contributed by atoms with van der Waals surface area (Å²) in [7, 11) is 0. The number of anilines is 1. The van der Waals surface area contributed by atoms with Crippen LogP contribution in [-0.2, 0) is 0 Å². The van der Waals surface area contributed by atoms with Crippen molar-refractivity contribution in [3.8, 4) is 0 Å². The summed E-state index contributed by atoms with van der Waals surface area (Å²) in [5.74, 6) is 0.779. The van der Waals surface area contributed by atoms with Crippen LogP contribution in [0.15, 0.2) is 94.9 Å². The number of rotatable bonds is 2. The summed E-state index contributed by atoms with van der Waals surface area (Å²) >= 11 is 0. The van der Waals surface area contributed by atoms with Crippen LogP contribution < -0.4 is 5.32 Å². The summed E-state index contributed by atoms with van der Waals surface area (Å²) in [5.41, 5.74) is 4.78. The van der Waals surface area contributed by atoms with Crippen molar-refractivity contribution in [3.63, 3.8) is 0 Å². The Balaban J connectivity index is 1.77. The summed E-state index contributed by atoms with van der Waals surface area (Å²) in [5, 5.41) is 3.38. The molecule has 110 valence electrons. The lowest BCUT2D eigenvalue weighted by Gasteiger charge is -2.07. The van der Waals surface area contributed by atoms with Gasteiger partial charge in [0.15, 0.2) is 5.84 Å². The number of nitrogens with one attached hydrogen (secondary N) is 1. The molecule has 0 unspecified atom stereocenters. The molecule has 0 bridgehead atoms. The second-order valence-corrected chi connectivity index (χ2v) is 5.26. The zero-order valence-electron chi connectivity index (χ0n) is 12.5. The molecule has 0 atom stereocenters. The molecule has 23 heavy (non-hydrogen) atoms. The van der Waals surface area contributed by atoms with Crippen molar-refractivity contribution in [1.82, 2.24) is 0 Å². The van der Waals surface area contributed by atoms with E-state index in [0.29, 0.717) is 0 Å². The van der Waals surface area contributed by atoms with Crippen molar-refractivity contribution in [3.05, 3.63) is 90.5 Å². The minimum absolute atomic E-state index is 0.779. The number of fused-ring (bicyclic) bond motifs is 1. The SMILES string of the molecule is c1ccc(N=C2C(Nc3ccccc3)=Nc3ccccc32)cc1. The van der Waals surface area contributed by atoms with E-state index >= 15 is 0 Å². The van der Waals surface area contributed by atoms with E-state index in [2.05, 4.69) is 11.4 Å². The van der Waals surface area contributed by atoms with E-state index in [4.69, 9.17) is 9.98 Å². The van der Waals surface area contributed by atoms with Crippen LogP contribution in [0.3, 0.4) is 0 Å². The van der Waals surface area contributed by atoms with Crippen molar-refractivity contribution in [2.24, 2.45) is 9.98 Å². The molecule has 4 rings (SSSR count). The largest absolute Gasteiger partial charge is 0.338 e. The fourth-order valence-electron chi connectivity index (χ4n) is 2.56. The zero-order chi connectivity index (χ0) is 15.5. The molecule has 0 fully saturated rings. The third-order valence-corrected chi connectivity index (χ3v) is 3.65. The van der Waals surface area contributed by atoms with Gasteiger partial charge in [0.1, 0.15) is 5.71 Å². The van der Waals surface area contributed by atoms with Crippen molar-refractivity contribution in [2.75, 3.05) is 5.32 Å². The Morgan fingerprint density at radius 3 is 2.13 bits per heavy atom. The van der Waals surface area contributed by atoms with Crippen LogP contribution >= 0.6 is 0 Å². The Morgan fingerprint density at radius 2 is 1.35 bits per heavy atom. The smallest absolute Gasteiger partial charge is 0.157 e. The van der Waals surface area contributed by atoms with Crippen molar-refractivity contribution < 1.29 is 0 Å². The van der Waals surface area contributed by atoms with E-state index in [1.165, 1.54) is 0 Å². The van der Waals surface area contributed by atoms with Crippen LogP contribution in [0.2, 0.25) is 0 Å². The third kappa shape index (κ3) is 2.77. The van der Waals surface area contributed by atoms with Gasteiger partial charge in [0.2, 0.25) is 0 Å². The predicted octanol–water partition coefficient (Wildman–Crippen LogP) is 4.96. The first-order valence-electron chi connectivity index (χ1n) is 7.54. The fourth-order valence-corrected chi connectivity index (χ4v) is 2.56. The second kappa shape index (κ2) is 5.89. The number of nitrogens with zero attached hydrogens (tertiary/aromatic N) is 2. The average molecular weight is 297 g/mol. The van der Waals surface area contributed by atoms with E-state index in [1.54, 1.807) is 0 Å². The molecule has 0 amide bonds. The Kier molecular flexibility index (Phi) is 3.45. The van der Waals surface area contributed by atoms with Gasteiger partial charge in [0.05, 0.1) is 11.4 Å². The maximum absolute atomic E-state index is 4.80. The number of para-hydroxylation sites is 3. The van der Waals surface area contributed by atoms with Gasteiger partial charge in [-0.2, -0.15) is 0 Å². The topological polar surface area (TPSA) is 36.8 Å². The van der Waals surface area contributed by atoms with Gasteiger partial charge in [-0.05, 0) is 30.3 Å². The second-order valence-electron chi connectivity index (χ2n) is 5.26. The van der Waals surface area contributed by atoms with Gasteiger partial charge in [-0.25, -0.2) is 9.98 Å². The van der Waals surface area contributed by atoms with Gasteiger partial charge in [-0.1, -0.05) is 54.6 Å². The van der Waals surface area contributed by atoms with Crippen molar-refractivity contribution in [2.45, 2.75) is 0 Å². The quantitative estimate of drug-likeness (QED) is 0.713. The van der Waals surface area contributed by atoms with Crippen LogP contribution in [0.4, 0.5) is 17.1 Å². The average Bonchev–Trinajstić information content (AvgIpc) is 2.94. The molecule has 0 aliphatic carbocycles. The minimum Gasteiger partial charge on any atom is -0.338 e. The number of amidine groups is 1. The standard InChI is InChI=1S/C20H15N3/c1-3-9-15(10-4-1)21-19-17-13-7-8-14-18(17)23-20(19)22-16-11-5-2-6-12-16/h1-14H,(H,21,22,23). The third-order valence-electron chi connectivity index (χ3n) is 3.65. The highest BCUT2D eigenvalue weighted by Gasteiger charge is 2.22. The van der Waals surface area contributed by atoms with Gasteiger partial charge in [0, 0.05) is 11.3 Å². The number of benzene rings is 3. The summed E-state index contributed by atoms with van der Waals surface area (Å²) < 4.78 is 0. The maximum Gasteiger partial charge on any atom is 0.157 e. The molecule has 1 N–H and O–H groups in total. The number of hydrogen-bond acceptors (Lipinski definition) is 3. The molecule has 3 nitrogen and oxygen atoms in total. The normalized spacial score (nSPS) is 14.4. The summed E-state index contributed by atoms with van der Waals surface area (Å²) in [6, 6.07) is 28.1. The summed E-state index contributed by atoms with van der Waals surface area (Å²) in [6.45, 7) is 0. The first kappa shape index (κ1) is 13.5. The minimum atomic E-state index is 0.779. The highest BCUT2D eigenvalue weighted by Crippen LogP contribution is 2.29. The van der Waals surface area contributed by atoms with Gasteiger partial charge >= 0.3 is 0 Å². The predicted molar refractivity (Wildman–Crippen MR) is 96.2 cm³/mol. The molecule has 0 saturated carbocycles. The summed E-state index contributed by atoms with van der Waals surface area (Å²) in [4.78, 5) is 9.50. The highest BCUT2D eigenvalue weighted by molar-refractivity contribution is 6.54. The first-order chi connectivity index (χ1) is 11.4. The molecule has 1 aliphatic heterocycles. The molecule has 0 aromatic heterocycles. The van der Waals surface area contributed by atoms with E-state index < -0.39 is 0 Å². The molecule has 3 aromatic carbocycles. The van der Waals surface area contributed by atoms with Crippen LogP contribution in [-0.4, -0.2) is 11.5 Å². The first-order valence-corrected chi connectivity index (χ1v) is 7.54. The molecule has 0 saturated heterocycles. The number of aliphatic imine (C=N–C) groups is 2. The van der Waals surface area contributed by atoms with Crippen molar-refractivity contribution >= 4 is 28.6 Å². The molecule has 1 aliphatic rings. The monoisotopic (exact) mass is 297 g/mol. The highest BCUT2D eigenvalue weighted by atomic mass is 15.0. The molecular weight excluding hydrogens is 282 g/mol. The molecular formula is C20H15N3. The fraction of sp³-hybridized carbons (Fsp3) is 0. The van der Waals surface area contributed by atoms with Gasteiger partial charge in [0.25, 0.3) is 0 Å². The molecule has 3 heteroatoms. The Hall–Kier alpha value is -3.20. The van der Waals surface area contributed by atoms with Crippen LogP contribution in [0.25, 0.3) is 0 Å². The van der Waals surface area contributed by atoms with Crippen LogP contribution in [0.5, 0.6) is 0 Å². The van der Waals surface area contributed by atoms with Gasteiger partial charge < -0.3 is 5.32 Å². The summed E-state index contributed by atoms with van der Waals surface area (Å²) in [6.07, 6.45) is 0. The lowest BCUT2D eigenvalue weighted by atomic mass is 10.1. The van der Waals surface area contributed by atoms with Gasteiger partial charge in [-0.15, -0.1) is 0 Å². The Bertz CT molecular complexity index is 881. The van der Waals surface area contributed by atoms with E-state index in [0.717, 1.165) is 34.2 Å². The Morgan fingerprint density at radius 1 is 0.696 bits per heavy atom. The van der Waals surface area contributed by atoms with Crippen molar-refractivity contribution in [1.29, 1.82) is 0 Å². The zero-order valence-corrected chi connectivity index (χ0v) is 12.5. The number of hydrogen-bond donors (Lipinski definition) is 1. The van der Waals surface area contributed by atoms with Crippen LogP contribution in [0, 0.1) is 0 Å². The molecule has 0 spiro atoms. The lowest BCUT2D eigenvalue weighted by molar-refractivity contribution is 1.51. The van der Waals surface area contributed by atoms with Crippen LogP contribution in [0.1, 0.15) is 5.56 Å². The molecule has 0 radical (unpaired) electrons. The van der Waals surface area contributed by atoms with Gasteiger partial charge in [-0.3, -0.25) is 0 Å². The maximum atomic E-state index is 4.80. The Labute approximate surface area is 135 Å². The van der Waals surface area contributed by atoms with E-state index in [9.17, 15) is 0 Å².